The zero-order chi connectivity index (χ0) is 15.0. The van der Waals surface area contributed by atoms with Crippen LogP contribution in [-0.2, 0) is 0 Å². The third kappa shape index (κ3) is 2.50. The molecule has 0 fully saturated rings. The summed E-state index contributed by atoms with van der Waals surface area (Å²) in [6.07, 6.45) is 1.46. The Kier molecular flexibility index (Phi) is 4.53. The van der Waals surface area contributed by atoms with E-state index >= 15 is 0 Å². The molecule has 0 amide bonds. The van der Waals surface area contributed by atoms with Crippen LogP contribution in [0.5, 0.6) is 0 Å². The topological polar surface area (TPSA) is 13.1 Å². The summed E-state index contributed by atoms with van der Waals surface area (Å²) in [4.78, 5) is 0. The molecule has 0 aliphatic rings. The highest BCUT2D eigenvalue weighted by Crippen LogP contribution is 2.27. The molecule has 0 spiro atoms. The first-order valence-electron chi connectivity index (χ1n) is 5.57. The molecule has 0 atom stereocenters. The fourth-order valence-corrected chi connectivity index (χ4v) is 2.26. The lowest BCUT2D eigenvalue weighted by Crippen LogP contribution is -2.39. The molecule has 1 aromatic carbocycles. The first-order valence-corrected chi connectivity index (χ1v) is 6.37. The van der Waals surface area contributed by atoms with E-state index in [4.69, 9.17) is 51.5 Å². The largest absolute Gasteiger partial charge is 0.456 e. The van der Waals surface area contributed by atoms with E-state index in [1.165, 1.54) is 12.1 Å². The van der Waals surface area contributed by atoms with E-state index in [-0.39, 0.29) is 16.4 Å². The van der Waals surface area contributed by atoms with Gasteiger partial charge in [0.15, 0.2) is 0 Å². The summed E-state index contributed by atoms with van der Waals surface area (Å²) in [6, 6.07) is 1.65. The van der Waals surface area contributed by atoms with Crippen LogP contribution in [0.2, 0.25) is 0 Å². The van der Waals surface area contributed by atoms with E-state index in [1.54, 1.807) is 6.07 Å². The third-order valence-electron chi connectivity index (χ3n) is 2.89. The molecule has 12 radical (unpaired) electrons. The number of hydrogen-bond acceptors (Lipinski definition) is 1. The molecule has 8 heteroatoms. The summed E-state index contributed by atoms with van der Waals surface area (Å²) in [7, 11) is 34.5. The van der Waals surface area contributed by atoms with E-state index in [9.17, 15) is 0 Å². The fraction of sp³-hybridized carbons (Fsp3) is 0. The zero-order valence-electron chi connectivity index (χ0n) is 10.5. The van der Waals surface area contributed by atoms with Crippen LogP contribution in [0.25, 0.3) is 16.4 Å². The van der Waals surface area contributed by atoms with E-state index in [0.717, 1.165) is 0 Å². The van der Waals surface area contributed by atoms with E-state index in [0.29, 0.717) is 32.1 Å². The minimum absolute atomic E-state index is 0.242. The number of hydrogen-bond donors (Lipinski definition) is 0. The first kappa shape index (κ1) is 15.5. The Hall–Kier alpha value is -0.890. The van der Waals surface area contributed by atoms with Crippen molar-refractivity contribution in [2.24, 2.45) is 0 Å². The third-order valence-corrected chi connectivity index (χ3v) is 3.68. The Bertz CT molecular complexity index is 701. The lowest BCUT2D eigenvalue weighted by atomic mass is 9.71. The highest BCUT2D eigenvalue weighted by atomic mass is 79.9. The summed E-state index contributed by atoms with van der Waals surface area (Å²) < 4.78 is 6.16. The Morgan fingerprint density at radius 1 is 1.10 bits per heavy atom. The number of furan rings is 1. The van der Waals surface area contributed by atoms with Gasteiger partial charge < -0.3 is 4.42 Å². The molecule has 1 aromatic heterocycles. The molecule has 0 unspecified atom stereocenters. The smallest absolute Gasteiger partial charge is 0.147 e. The standard InChI is InChI=1S/C12H3B6BrO/c13-2-1-5(14)8(16)6-3-4-7(15)9(17)10(18)11(19)12(4)20-6/h1-3H/b2-1+,8-5-. The van der Waals surface area contributed by atoms with Crippen LogP contribution in [0.3, 0.4) is 0 Å². The van der Waals surface area contributed by atoms with Gasteiger partial charge in [0, 0.05) is 5.39 Å². The molecule has 1 heterocycles. The van der Waals surface area contributed by atoms with Crippen LogP contribution >= 0.6 is 15.9 Å². The first-order chi connectivity index (χ1) is 9.38. The lowest BCUT2D eigenvalue weighted by molar-refractivity contribution is 0.601. The maximum atomic E-state index is 5.93. The monoisotopic (exact) mass is 308 g/mol. The molecular formula is C12H3B6BrO. The van der Waals surface area contributed by atoms with Crippen molar-refractivity contribution >= 4 is 95.8 Å². The maximum Gasteiger partial charge on any atom is 0.147 e. The Labute approximate surface area is 134 Å². The number of fused-ring (bicyclic) bond motifs is 1. The van der Waals surface area contributed by atoms with Crippen molar-refractivity contribution in [1.29, 1.82) is 0 Å². The van der Waals surface area contributed by atoms with Crippen molar-refractivity contribution in [3.8, 4) is 0 Å². The predicted molar refractivity (Wildman–Crippen MR) is 93.4 cm³/mol. The molecule has 2 aromatic rings. The second kappa shape index (κ2) is 5.85. The van der Waals surface area contributed by atoms with Gasteiger partial charge in [-0.1, -0.05) is 22.5 Å². The van der Waals surface area contributed by atoms with Gasteiger partial charge in [-0.25, -0.2) is 0 Å². The molecular weight excluding hydrogens is 305 g/mol. The van der Waals surface area contributed by atoms with Gasteiger partial charge in [-0.2, -0.15) is 0 Å². The maximum absolute atomic E-state index is 5.93. The van der Waals surface area contributed by atoms with Crippen molar-refractivity contribution in [2.75, 3.05) is 0 Å². The second-order valence-electron chi connectivity index (χ2n) is 4.14. The van der Waals surface area contributed by atoms with Gasteiger partial charge in [0.25, 0.3) is 0 Å². The quantitative estimate of drug-likeness (QED) is 0.526. The Morgan fingerprint density at radius 2 is 1.75 bits per heavy atom. The molecule has 2 rings (SSSR count). The zero-order valence-corrected chi connectivity index (χ0v) is 12.1. The van der Waals surface area contributed by atoms with Gasteiger partial charge >= 0.3 is 0 Å². The van der Waals surface area contributed by atoms with Crippen LogP contribution in [0.15, 0.2) is 32.5 Å². The number of rotatable bonds is 2. The summed E-state index contributed by atoms with van der Waals surface area (Å²) >= 11 is 3.32. The van der Waals surface area contributed by atoms with Crippen LogP contribution < -0.4 is 16.4 Å². The van der Waals surface area contributed by atoms with Crippen LogP contribution in [-0.4, -0.2) is 47.1 Å². The number of halogens is 1. The average molecular weight is 308 g/mol. The van der Waals surface area contributed by atoms with Gasteiger partial charge in [-0.05, 0) is 22.0 Å². The molecule has 0 aliphatic carbocycles. The molecule has 0 aliphatic heterocycles. The lowest BCUT2D eigenvalue weighted by Gasteiger charge is -2.09. The normalized spacial score (nSPS) is 13.1. The molecule has 0 saturated carbocycles. The minimum Gasteiger partial charge on any atom is -0.456 e. The van der Waals surface area contributed by atoms with E-state index in [2.05, 4.69) is 15.9 Å². The van der Waals surface area contributed by atoms with Crippen LogP contribution in [0, 0.1) is 0 Å². The van der Waals surface area contributed by atoms with Crippen molar-refractivity contribution in [1.82, 2.24) is 0 Å². The molecule has 82 valence electrons. The average Bonchev–Trinajstić information content (AvgIpc) is 2.87. The minimum atomic E-state index is 0.242. The molecule has 0 N–H and O–H groups in total. The van der Waals surface area contributed by atoms with Crippen molar-refractivity contribution in [3.05, 3.63) is 33.8 Å². The van der Waals surface area contributed by atoms with Gasteiger partial charge in [0.2, 0.25) is 0 Å². The Morgan fingerprint density at radius 3 is 2.35 bits per heavy atom. The number of benzene rings is 1. The molecule has 0 saturated heterocycles. The molecule has 20 heavy (non-hydrogen) atoms. The van der Waals surface area contributed by atoms with Gasteiger partial charge in [-0.3, -0.25) is 0 Å². The highest BCUT2D eigenvalue weighted by Gasteiger charge is 2.14. The number of allylic oxidation sites excluding steroid dienone is 2. The Balaban J connectivity index is 2.76. The fourth-order valence-electron chi connectivity index (χ4n) is 1.75. The predicted octanol–water partition coefficient (Wildman–Crippen LogP) is -0.735. The SMILES string of the molecule is [B]/C=C/C([B])=C(/[B])c1cc2c([B])c([B])c([B])c(Br)c2o1. The summed E-state index contributed by atoms with van der Waals surface area (Å²) in [5, 5.41) is 0.603. The van der Waals surface area contributed by atoms with Crippen LogP contribution in [0.4, 0.5) is 0 Å². The van der Waals surface area contributed by atoms with E-state index in [1.807, 2.05) is 0 Å². The van der Waals surface area contributed by atoms with Gasteiger partial charge in [-0.15, -0.1) is 16.9 Å². The summed E-state index contributed by atoms with van der Waals surface area (Å²) in [5.41, 5.74) is 1.91. The molecule has 1 nitrogen and oxygen atoms in total. The van der Waals surface area contributed by atoms with Crippen LogP contribution in [0.1, 0.15) is 5.76 Å². The summed E-state index contributed by atoms with van der Waals surface area (Å²) in [6.45, 7) is 0. The summed E-state index contributed by atoms with van der Waals surface area (Å²) in [5.74, 6) is 1.64. The van der Waals surface area contributed by atoms with Crippen molar-refractivity contribution in [2.45, 2.75) is 0 Å². The molecule has 0 bridgehead atoms. The van der Waals surface area contributed by atoms with Crippen molar-refractivity contribution in [3.63, 3.8) is 0 Å². The van der Waals surface area contributed by atoms with Gasteiger partial charge in [0.1, 0.15) is 58.4 Å². The van der Waals surface area contributed by atoms with Crippen molar-refractivity contribution < 1.29 is 4.42 Å². The van der Waals surface area contributed by atoms with E-state index < -0.39 is 0 Å². The second-order valence-corrected chi connectivity index (χ2v) is 4.93. The highest BCUT2D eigenvalue weighted by molar-refractivity contribution is 9.10. The van der Waals surface area contributed by atoms with Gasteiger partial charge in [0.05, 0.1) is 4.47 Å².